The van der Waals surface area contributed by atoms with E-state index >= 15 is 0 Å². The van der Waals surface area contributed by atoms with Gasteiger partial charge < -0.3 is 0 Å². The summed E-state index contributed by atoms with van der Waals surface area (Å²) in [5, 5.41) is 0. The van der Waals surface area contributed by atoms with Gasteiger partial charge in [-0.05, 0) is 0 Å². The molecule has 1 saturated heterocycles. The number of likely N-dealkylation sites (N-methyl/N-ethyl adjacent to an activating group) is 1. The fourth-order valence-electron chi connectivity index (χ4n) is 3.14. The molecule has 2 atom stereocenters. The van der Waals surface area contributed by atoms with E-state index in [2.05, 4.69) is 35.0 Å². The Bertz CT molecular complexity index is 425. The van der Waals surface area contributed by atoms with Crippen molar-refractivity contribution >= 4 is 22.5 Å². The molecule has 2 aliphatic rings. The van der Waals surface area contributed by atoms with Crippen molar-refractivity contribution in [3.63, 3.8) is 0 Å². The first-order valence-corrected chi connectivity index (χ1v) is 8.44. The van der Waals surface area contributed by atoms with Crippen molar-refractivity contribution < 1.29 is 0 Å². The van der Waals surface area contributed by atoms with Crippen LogP contribution in [0, 0.1) is 0 Å². The van der Waals surface area contributed by atoms with E-state index in [1.807, 2.05) is 16.9 Å². The molecule has 2 nitrogen and oxygen atoms in total. The Hall–Kier alpha value is -0.462. The molecule has 1 aliphatic carbocycles. The van der Waals surface area contributed by atoms with E-state index in [4.69, 9.17) is 0 Å². The molecule has 0 aromatic heterocycles. The molecular weight excluding hydrogens is 283 g/mol. The second-order valence-corrected chi connectivity index (χ2v) is 7.69. The third-order valence-corrected chi connectivity index (χ3v) is 5.54. The van der Waals surface area contributed by atoms with Crippen LogP contribution in [-0.4, -0.2) is 55.0 Å². The van der Waals surface area contributed by atoms with Crippen molar-refractivity contribution in [3.05, 3.63) is 29.3 Å². The standard InChI is InChI=1S/C15H23AsN2/c1-17-7-9-18(10-8-17)15-4-2-3-12-5-6-13(16)11-14(12)15/h2-4,13H,5-11,16H2,1H3. The average molecular weight is 306 g/mol. The number of anilines is 1. The average Bonchev–Trinajstić information content (AvgIpc) is 2.39. The molecule has 1 aliphatic heterocycles. The van der Waals surface area contributed by atoms with Gasteiger partial charge in [0.2, 0.25) is 0 Å². The summed E-state index contributed by atoms with van der Waals surface area (Å²) < 4.78 is 0.915. The van der Waals surface area contributed by atoms with Gasteiger partial charge in [-0.1, -0.05) is 0 Å². The van der Waals surface area contributed by atoms with Crippen LogP contribution in [0.5, 0.6) is 0 Å². The number of aryl methyl sites for hydroxylation is 1. The summed E-state index contributed by atoms with van der Waals surface area (Å²) in [7, 11) is 2.22. The summed E-state index contributed by atoms with van der Waals surface area (Å²) in [5.41, 5.74) is 4.80. The monoisotopic (exact) mass is 306 g/mol. The number of hydrogen-bond donors (Lipinski definition) is 0. The Morgan fingerprint density at radius 1 is 1.17 bits per heavy atom. The maximum atomic E-state index is 2.60. The molecule has 0 saturated carbocycles. The third kappa shape index (κ3) is 2.46. The molecular formula is C15H23AsN2. The molecule has 0 N–H and O–H groups in total. The Morgan fingerprint density at radius 3 is 2.72 bits per heavy atom. The number of fused-ring (bicyclic) bond motifs is 1. The first-order chi connectivity index (χ1) is 8.74. The minimum atomic E-state index is 0.915. The topological polar surface area (TPSA) is 6.48 Å². The van der Waals surface area contributed by atoms with Crippen LogP contribution in [-0.2, 0) is 12.8 Å². The van der Waals surface area contributed by atoms with Crippen molar-refractivity contribution in [1.82, 2.24) is 4.90 Å². The van der Waals surface area contributed by atoms with Gasteiger partial charge in [0.25, 0.3) is 0 Å². The van der Waals surface area contributed by atoms with Crippen molar-refractivity contribution in [1.29, 1.82) is 0 Å². The molecule has 0 amide bonds. The van der Waals surface area contributed by atoms with Gasteiger partial charge in [0.15, 0.2) is 0 Å². The Labute approximate surface area is 119 Å². The fraction of sp³-hybridized carbons (Fsp3) is 0.600. The summed E-state index contributed by atoms with van der Waals surface area (Å²) >= 11 is 1.92. The van der Waals surface area contributed by atoms with Gasteiger partial charge in [-0.2, -0.15) is 0 Å². The number of piperazine rings is 1. The number of hydrogen-bond acceptors (Lipinski definition) is 2. The molecule has 1 aromatic rings. The quantitative estimate of drug-likeness (QED) is 0.723. The minimum absolute atomic E-state index is 0.915. The van der Waals surface area contributed by atoms with E-state index in [-0.39, 0.29) is 0 Å². The van der Waals surface area contributed by atoms with Gasteiger partial charge in [0.05, 0.1) is 0 Å². The SMILES string of the molecule is CN1CCN(c2cccc3c2CC([AsH2])CC3)CC1. The number of benzene rings is 1. The van der Waals surface area contributed by atoms with Crippen LogP contribution in [0.1, 0.15) is 17.5 Å². The van der Waals surface area contributed by atoms with Gasteiger partial charge in [0, 0.05) is 0 Å². The zero-order valence-electron chi connectivity index (χ0n) is 11.2. The normalized spacial score (nSPS) is 25.0. The molecule has 1 aromatic carbocycles. The van der Waals surface area contributed by atoms with Crippen LogP contribution < -0.4 is 4.90 Å². The van der Waals surface area contributed by atoms with Crippen molar-refractivity contribution in [3.8, 4) is 0 Å². The van der Waals surface area contributed by atoms with Gasteiger partial charge in [-0.25, -0.2) is 0 Å². The molecule has 3 rings (SSSR count). The Morgan fingerprint density at radius 2 is 1.94 bits per heavy atom. The summed E-state index contributed by atoms with van der Waals surface area (Å²) in [5.74, 6) is 0. The van der Waals surface area contributed by atoms with Gasteiger partial charge in [0.1, 0.15) is 0 Å². The maximum absolute atomic E-state index is 2.60. The van der Waals surface area contributed by atoms with Crippen LogP contribution in [0.2, 0.25) is 4.71 Å². The predicted molar refractivity (Wildman–Crippen MR) is 80.5 cm³/mol. The number of nitrogens with zero attached hydrogens (tertiary/aromatic N) is 2. The molecule has 3 heteroatoms. The predicted octanol–water partition coefficient (Wildman–Crippen LogP) is 1.35. The van der Waals surface area contributed by atoms with E-state index in [9.17, 15) is 0 Å². The summed E-state index contributed by atoms with van der Waals surface area (Å²) in [6.45, 7) is 4.77. The van der Waals surface area contributed by atoms with E-state index < -0.39 is 0 Å². The van der Waals surface area contributed by atoms with E-state index in [1.54, 1.807) is 11.1 Å². The van der Waals surface area contributed by atoms with Crippen molar-refractivity contribution in [2.24, 2.45) is 0 Å². The molecule has 1 fully saturated rings. The first-order valence-electron chi connectivity index (χ1n) is 7.04. The molecule has 98 valence electrons. The van der Waals surface area contributed by atoms with Crippen LogP contribution in [0.4, 0.5) is 5.69 Å². The van der Waals surface area contributed by atoms with Crippen molar-refractivity contribution in [2.45, 2.75) is 24.0 Å². The third-order valence-electron chi connectivity index (χ3n) is 4.34. The number of rotatable bonds is 1. The molecule has 0 spiro atoms. The van der Waals surface area contributed by atoms with Gasteiger partial charge >= 0.3 is 119 Å². The van der Waals surface area contributed by atoms with Gasteiger partial charge in [-0.15, -0.1) is 0 Å². The Balaban J connectivity index is 1.88. The second kappa shape index (κ2) is 5.27. The van der Waals surface area contributed by atoms with Crippen LogP contribution >= 0.6 is 0 Å². The zero-order chi connectivity index (χ0) is 12.5. The summed E-state index contributed by atoms with van der Waals surface area (Å²) in [6, 6.07) is 6.94. The van der Waals surface area contributed by atoms with E-state index in [0.29, 0.717) is 0 Å². The second-order valence-electron chi connectivity index (χ2n) is 5.71. The molecule has 0 bridgehead atoms. The molecule has 1 heterocycles. The summed E-state index contributed by atoms with van der Waals surface area (Å²) in [6.07, 6.45) is 3.98. The van der Waals surface area contributed by atoms with E-state index in [1.165, 1.54) is 51.1 Å². The zero-order valence-corrected chi connectivity index (χ0v) is 13.7. The van der Waals surface area contributed by atoms with E-state index in [0.717, 1.165) is 4.71 Å². The molecule has 2 unspecified atom stereocenters. The molecule has 0 radical (unpaired) electrons. The summed E-state index contributed by atoms with van der Waals surface area (Å²) in [4.78, 5) is 5.03. The van der Waals surface area contributed by atoms with Crippen LogP contribution in [0.25, 0.3) is 0 Å². The van der Waals surface area contributed by atoms with Gasteiger partial charge in [-0.3, -0.25) is 0 Å². The first kappa shape index (κ1) is 12.6. The Kier molecular flexibility index (Phi) is 3.68. The fourth-order valence-corrected chi connectivity index (χ4v) is 3.98. The molecule has 18 heavy (non-hydrogen) atoms. The van der Waals surface area contributed by atoms with Crippen molar-refractivity contribution in [2.75, 3.05) is 38.1 Å². The van der Waals surface area contributed by atoms with Crippen LogP contribution in [0.15, 0.2) is 18.2 Å². The van der Waals surface area contributed by atoms with Crippen LogP contribution in [0.3, 0.4) is 0 Å².